The molecule has 1 N–H and O–H groups in total. The number of nitrogens with zero attached hydrogens (tertiary/aromatic N) is 5. The second kappa shape index (κ2) is 4.57. The van der Waals surface area contributed by atoms with Crippen molar-refractivity contribution in [1.29, 1.82) is 0 Å². The minimum atomic E-state index is 0.551. The normalized spacial score (nSPS) is 17.4. The molecule has 0 aliphatic carbocycles. The standard InChI is InChI=1S/C9H18N6/c1-8(2)7-15-12-9(11-13-15)14-5-3-10-4-6-14/h8,10H,3-7H2,1-2H3. The highest BCUT2D eigenvalue weighted by Crippen LogP contribution is 2.06. The molecular formula is C9H18N6. The summed E-state index contributed by atoms with van der Waals surface area (Å²) in [4.78, 5) is 3.85. The lowest BCUT2D eigenvalue weighted by Gasteiger charge is -2.25. The van der Waals surface area contributed by atoms with Crippen LogP contribution in [0.4, 0.5) is 5.95 Å². The summed E-state index contributed by atoms with van der Waals surface area (Å²) in [6.45, 7) is 9.05. The lowest BCUT2D eigenvalue weighted by molar-refractivity contribution is 0.429. The quantitative estimate of drug-likeness (QED) is 0.745. The smallest absolute Gasteiger partial charge is 0.266 e. The number of rotatable bonds is 3. The van der Waals surface area contributed by atoms with Crippen molar-refractivity contribution in [2.45, 2.75) is 20.4 Å². The topological polar surface area (TPSA) is 58.9 Å². The largest absolute Gasteiger partial charge is 0.336 e. The van der Waals surface area contributed by atoms with E-state index in [0.717, 1.165) is 38.7 Å². The summed E-state index contributed by atoms with van der Waals surface area (Å²) < 4.78 is 0. The van der Waals surface area contributed by atoms with Crippen LogP contribution in [0.25, 0.3) is 0 Å². The molecule has 1 aromatic heterocycles. The molecular weight excluding hydrogens is 192 g/mol. The lowest BCUT2D eigenvalue weighted by Crippen LogP contribution is -2.44. The molecule has 84 valence electrons. The highest BCUT2D eigenvalue weighted by molar-refractivity contribution is 5.26. The van der Waals surface area contributed by atoms with E-state index in [2.05, 4.69) is 39.5 Å². The van der Waals surface area contributed by atoms with E-state index in [1.54, 1.807) is 4.80 Å². The van der Waals surface area contributed by atoms with Crippen LogP contribution in [0.5, 0.6) is 0 Å². The van der Waals surface area contributed by atoms with Gasteiger partial charge in [0.2, 0.25) is 0 Å². The molecule has 2 heterocycles. The fourth-order valence-electron chi connectivity index (χ4n) is 1.63. The first-order valence-corrected chi connectivity index (χ1v) is 5.49. The Bertz CT molecular complexity index is 301. The minimum absolute atomic E-state index is 0.551. The molecule has 0 saturated carbocycles. The molecule has 1 fully saturated rings. The SMILES string of the molecule is CC(C)Cn1nnc(N2CCNCC2)n1. The molecule has 6 heteroatoms. The van der Waals surface area contributed by atoms with Crippen molar-refractivity contribution in [2.24, 2.45) is 5.92 Å². The van der Waals surface area contributed by atoms with Gasteiger partial charge in [0.1, 0.15) is 0 Å². The second-order valence-corrected chi connectivity index (χ2v) is 4.28. The molecule has 0 amide bonds. The molecule has 15 heavy (non-hydrogen) atoms. The third-order valence-corrected chi connectivity index (χ3v) is 2.37. The molecule has 0 aromatic carbocycles. The van der Waals surface area contributed by atoms with E-state index in [-0.39, 0.29) is 0 Å². The molecule has 1 aliphatic heterocycles. The van der Waals surface area contributed by atoms with Crippen molar-refractivity contribution in [3.05, 3.63) is 0 Å². The van der Waals surface area contributed by atoms with Crippen LogP contribution in [0.3, 0.4) is 0 Å². The van der Waals surface area contributed by atoms with Gasteiger partial charge >= 0.3 is 0 Å². The third-order valence-electron chi connectivity index (χ3n) is 2.37. The summed E-state index contributed by atoms with van der Waals surface area (Å²) in [5.74, 6) is 1.31. The van der Waals surface area contributed by atoms with E-state index in [1.165, 1.54) is 0 Å². The average Bonchev–Trinajstić information content (AvgIpc) is 2.67. The Labute approximate surface area is 89.6 Å². The average molecular weight is 210 g/mol. The summed E-state index contributed by atoms with van der Waals surface area (Å²) >= 11 is 0. The highest BCUT2D eigenvalue weighted by Gasteiger charge is 2.15. The second-order valence-electron chi connectivity index (χ2n) is 4.28. The van der Waals surface area contributed by atoms with Gasteiger partial charge in [0.25, 0.3) is 5.95 Å². The Balaban J connectivity index is 1.99. The van der Waals surface area contributed by atoms with Gasteiger partial charge in [-0.25, -0.2) is 0 Å². The van der Waals surface area contributed by atoms with E-state index >= 15 is 0 Å². The monoisotopic (exact) mass is 210 g/mol. The van der Waals surface area contributed by atoms with Crippen molar-refractivity contribution in [2.75, 3.05) is 31.1 Å². The first kappa shape index (κ1) is 10.4. The van der Waals surface area contributed by atoms with Crippen molar-refractivity contribution in [3.63, 3.8) is 0 Å². The molecule has 0 bridgehead atoms. The zero-order valence-electron chi connectivity index (χ0n) is 9.35. The van der Waals surface area contributed by atoms with Gasteiger partial charge in [-0.1, -0.05) is 18.9 Å². The maximum Gasteiger partial charge on any atom is 0.266 e. The molecule has 0 atom stereocenters. The van der Waals surface area contributed by atoms with Crippen LogP contribution in [0, 0.1) is 5.92 Å². The van der Waals surface area contributed by atoms with Gasteiger partial charge in [0, 0.05) is 26.2 Å². The third kappa shape index (κ3) is 2.65. The van der Waals surface area contributed by atoms with Crippen LogP contribution in [-0.4, -0.2) is 46.4 Å². The summed E-state index contributed by atoms with van der Waals surface area (Å²) in [6, 6.07) is 0. The number of tetrazole rings is 1. The Morgan fingerprint density at radius 1 is 1.33 bits per heavy atom. The van der Waals surface area contributed by atoms with Crippen molar-refractivity contribution in [3.8, 4) is 0 Å². The minimum Gasteiger partial charge on any atom is -0.336 e. The molecule has 0 unspecified atom stereocenters. The van der Waals surface area contributed by atoms with Crippen molar-refractivity contribution < 1.29 is 0 Å². The number of aromatic nitrogens is 4. The molecule has 1 saturated heterocycles. The van der Waals surface area contributed by atoms with Crippen LogP contribution in [-0.2, 0) is 6.54 Å². The fraction of sp³-hybridized carbons (Fsp3) is 0.889. The van der Waals surface area contributed by atoms with Gasteiger partial charge in [0.05, 0.1) is 6.54 Å². The summed E-state index contributed by atoms with van der Waals surface area (Å²) in [5, 5.41) is 15.8. The molecule has 1 aromatic rings. The number of nitrogens with one attached hydrogen (secondary N) is 1. The van der Waals surface area contributed by atoms with Gasteiger partial charge in [-0.15, -0.1) is 5.10 Å². The number of hydrogen-bond donors (Lipinski definition) is 1. The first-order valence-electron chi connectivity index (χ1n) is 5.49. The van der Waals surface area contributed by atoms with Crippen LogP contribution < -0.4 is 10.2 Å². The maximum atomic E-state index is 4.37. The Morgan fingerprint density at radius 2 is 2.07 bits per heavy atom. The highest BCUT2D eigenvalue weighted by atomic mass is 15.6. The number of anilines is 1. The van der Waals surface area contributed by atoms with Crippen LogP contribution >= 0.6 is 0 Å². The molecule has 6 nitrogen and oxygen atoms in total. The Kier molecular flexibility index (Phi) is 3.15. The zero-order chi connectivity index (χ0) is 10.7. The van der Waals surface area contributed by atoms with E-state index < -0.39 is 0 Å². The van der Waals surface area contributed by atoms with Crippen LogP contribution in [0.2, 0.25) is 0 Å². The fourth-order valence-corrected chi connectivity index (χ4v) is 1.63. The van der Waals surface area contributed by atoms with E-state index in [9.17, 15) is 0 Å². The Hall–Kier alpha value is -1.17. The first-order chi connectivity index (χ1) is 7.25. The Morgan fingerprint density at radius 3 is 2.73 bits per heavy atom. The molecule has 1 aliphatic rings. The number of piperazine rings is 1. The van der Waals surface area contributed by atoms with Gasteiger partial charge in [0.15, 0.2) is 0 Å². The predicted molar refractivity (Wildman–Crippen MR) is 57.7 cm³/mol. The van der Waals surface area contributed by atoms with Crippen LogP contribution in [0.1, 0.15) is 13.8 Å². The summed E-state index contributed by atoms with van der Waals surface area (Å²) in [6.07, 6.45) is 0. The predicted octanol–water partition coefficient (Wildman–Crippen LogP) is -0.261. The van der Waals surface area contributed by atoms with Gasteiger partial charge in [-0.05, 0) is 11.1 Å². The van der Waals surface area contributed by atoms with Crippen molar-refractivity contribution in [1.82, 2.24) is 25.5 Å². The van der Waals surface area contributed by atoms with E-state index in [0.29, 0.717) is 5.92 Å². The number of hydrogen-bond acceptors (Lipinski definition) is 5. The van der Waals surface area contributed by atoms with E-state index in [1.807, 2.05) is 0 Å². The molecule has 0 radical (unpaired) electrons. The van der Waals surface area contributed by atoms with Crippen molar-refractivity contribution >= 4 is 5.95 Å². The van der Waals surface area contributed by atoms with Gasteiger partial charge < -0.3 is 10.2 Å². The molecule has 0 spiro atoms. The maximum absolute atomic E-state index is 4.37. The molecule has 2 rings (SSSR count). The van der Waals surface area contributed by atoms with Gasteiger partial charge in [-0.2, -0.15) is 4.80 Å². The lowest BCUT2D eigenvalue weighted by atomic mass is 10.2. The summed E-state index contributed by atoms with van der Waals surface area (Å²) in [5.41, 5.74) is 0. The zero-order valence-corrected chi connectivity index (χ0v) is 9.35. The van der Waals surface area contributed by atoms with Crippen LogP contribution in [0.15, 0.2) is 0 Å². The van der Waals surface area contributed by atoms with Gasteiger partial charge in [-0.3, -0.25) is 0 Å². The van der Waals surface area contributed by atoms with E-state index in [4.69, 9.17) is 0 Å². The summed E-state index contributed by atoms with van der Waals surface area (Å²) in [7, 11) is 0.